The summed E-state index contributed by atoms with van der Waals surface area (Å²) in [5, 5.41) is 7.73. The van der Waals surface area contributed by atoms with Crippen LogP contribution in [0.2, 0.25) is 0 Å². The van der Waals surface area contributed by atoms with E-state index in [1.165, 1.54) is 28.9 Å². The number of hydrogen-bond acceptors (Lipinski definition) is 9. The topological polar surface area (TPSA) is 118 Å². The first-order chi connectivity index (χ1) is 14.1. The first-order valence-electron chi connectivity index (χ1n) is 9.54. The lowest BCUT2D eigenvalue weighted by Gasteiger charge is -2.30. The third-order valence-corrected chi connectivity index (χ3v) is 5.53. The minimum Gasteiger partial charge on any atom is -0.384 e. The lowest BCUT2D eigenvalue weighted by Crippen LogP contribution is -2.46. The van der Waals surface area contributed by atoms with Crippen LogP contribution in [0.3, 0.4) is 0 Å². The highest BCUT2D eigenvalue weighted by Gasteiger charge is 2.25. The van der Waals surface area contributed by atoms with Crippen molar-refractivity contribution in [2.75, 3.05) is 51.3 Å². The minimum absolute atomic E-state index is 0.0730. The molecule has 2 amide bonds. The Morgan fingerprint density at radius 3 is 2.97 bits per heavy atom. The van der Waals surface area contributed by atoms with Crippen LogP contribution in [0.5, 0.6) is 0 Å². The smallest absolute Gasteiger partial charge is 0.247 e. The van der Waals surface area contributed by atoms with Crippen molar-refractivity contribution in [2.45, 2.75) is 25.8 Å². The molecule has 1 N–H and O–H groups in total. The second-order valence-corrected chi connectivity index (χ2v) is 7.43. The summed E-state index contributed by atoms with van der Waals surface area (Å²) in [6, 6.07) is -0.487. The maximum Gasteiger partial charge on any atom is 0.247 e. The molecule has 2 aromatic heterocycles. The number of aromatic nitrogens is 5. The molecule has 1 aliphatic heterocycles. The number of carbonyl (C=O) groups excluding carboxylic acids is 2. The average Bonchev–Trinajstić information content (AvgIpc) is 3.42. The molecule has 158 valence electrons. The monoisotopic (exact) mass is 422 g/mol. The van der Waals surface area contributed by atoms with Crippen LogP contribution in [-0.4, -0.2) is 87.3 Å². The van der Waals surface area contributed by atoms with Gasteiger partial charge in [0.25, 0.3) is 0 Å². The molecule has 0 bridgehead atoms. The summed E-state index contributed by atoms with van der Waals surface area (Å²) in [7, 11) is 1.65. The van der Waals surface area contributed by atoms with Gasteiger partial charge in [-0.25, -0.2) is 14.6 Å². The van der Waals surface area contributed by atoms with Crippen molar-refractivity contribution in [2.24, 2.45) is 0 Å². The van der Waals surface area contributed by atoms with E-state index in [2.05, 4.69) is 29.7 Å². The average molecular weight is 423 g/mol. The Kier molecular flexibility index (Phi) is 7.47. The first kappa shape index (κ1) is 21.1. The normalized spacial score (nSPS) is 17.1. The van der Waals surface area contributed by atoms with Gasteiger partial charge >= 0.3 is 0 Å². The number of carbonyl (C=O) groups is 2. The minimum atomic E-state index is -0.487. The molecule has 0 saturated carbocycles. The Morgan fingerprint density at radius 2 is 2.21 bits per heavy atom. The SMILES string of the molecule is COCCc1nsc(N2CCNC(=O)CCN(C(=O)C(C)n3cncn3)CC2)n1. The van der Waals surface area contributed by atoms with E-state index >= 15 is 0 Å². The first-order valence-corrected chi connectivity index (χ1v) is 10.3. The molecule has 0 spiro atoms. The lowest BCUT2D eigenvalue weighted by molar-refractivity contribution is -0.135. The molecular weight excluding hydrogens is 396 g/mol. The molecule has 1 atom stereocenters. The van der Waals surface area contributed by atoms with Crippen LogP contribution in [0.4, 0.5) is 5.13 Å². The van der Waals surface area contributed by atoms with Gasteiger partial charge in [0.1, 0.15) is 24.5 Å². The van der Waals surface area contributed by atoms with E-state index in [0.29, 0.717) is 45.8 Å². The van der Waals surface area contributed by atoms with Crippen molar-refractivity contribution >= 4 is 28.5 Å². The molecule has 0 radical (unpaired) electrons. The molecule has 1 saturated heterocycles. The van der Waals surface area contributed by atoms with E-state index in [-0.39, 0.29) is 18.2 Å². The fourth-order valence-electron chi connectivity index (χ4n) is 2.99. The van der Waals surface area contributed by atoms with Crippen LogP contribution in [0.15, 0.2) is 12.7 Å². The zero-order chi connectivity index (χ0) is 20.6. The van der Waals surface area contributed by atoms with Crippen molar-refractivity contribution in [1.82, 2.24) is 34.3 Å². The molecule has 0 aliphatic carbocycles. The molecule has 11 nitrogen and oxygen atoms in total. The van der Waals surface area contributed by atoms with Crippen molar-refractivity contribution in [3.63, 3.8) is 0 Å². The predicted molar refractivity (Wildman–Crippen MR) is 107 cm³/mol. The lowest BCUT2D eigenvalue weighted by atomic mass is 10.2. The van der Waals surface area contributed by atoms with Crippen molar-refractivity contribution < 1.29 is 14.3 Å². The van der Waals surface area contributed by atoms with Gasteiger partial charge in [0.05, 0.1) is 6.61 Å². The van der Waals surface area contributed by atoms with E-state index in [1.807, 2.05) is 0 Å². The molecule has 29 heavy (non-hydrogen) atoms. The molecule has 0 aromatic carbocycles. The fraction of sp³-hybridized carbons (Fsp3) is 0.647. The maximum atomic E-state index is 13.0. The highest BCUT2D eigenvalue weighted by Crippen LogP contribution is 2.18. The number of ether oxygens (including phenoxy) is 1. The van der Waals surface area contributed by atoms with Gasteiger partial charge in [-0.1, -0.05) is 0 Å². The summed E-state index contributed by atoms with van der Waals surface area (Å²) in [4.78, 5) is 37.3. The number of nitrogens with one attached hydrogen (secondary N) is 1. The Hall–Kier alpha value is -2.60. The van der Waals surface area contributed by atoms with Gasteiger partial charge in [0.2, 0.25) is 16.9 Å². The molecule has 1 aliphatic rings. The van der Waals surface area contributed by atoms with Crippen LogP contribution >= 0.6 is 11.5 Å². The Morgan fingerprint density at radius 1 is 1.34 bits per heavy atom. The quantitative estimate of drug-likeness (QED) is 0.676. The maximum absolute atomic E-state index is 13.0. The zero-order valence-corrected chi connectivity index (χ0v) is 17.5. The van der Waals surface area contributed by atoms with E-state index in [1.54, 1.807) is 18.9 Å². The Balaban J connectivity index is 1.70. The highest BCUT2D eigenvalue weighted by molar-refractivity contribution is 7.09. The van der Waals surface area contributed by atoms with Gasteiger partial charge in [0, 0.05) is 64.2 Å². The molecule has 1 unspecified atom stereocenters. The number of amides is 2. The van der Waals surface area contributed by atoms with Crippen molar-refractivity contribution in [1.29, 1.82) is 0 Å². The van der Waals surface area contributed by atoms with Gasteiger partial charge < -0.3 is 19.9 Å². The van der Waals surface area contributed by atoms with Crippen LogP contribution in [0.1, 0.15) is 25.2 Å². The van der Waals surface area contributed by atoms with E-state index in [0.717, 1.165) is 11.0 Å². The number of nitrogens with zero attached hydrogens (tertiary/aromatic N) is 7. The summed E-state index contributed by atoms with van der Waals surface area (Å²) in [6.07, 6.45) is 3.84. The van der Waals surface area contributed by atoms with Gasteiger partial charge in [-0.05, 0) is 6.92 Å². The van der Waals surface area contributed by atoms with Crippen molar-refractivity contribution in [3.8, 4) is 0 Å². The third-order valence-electron chi connectivity index (χ3n) is 4.71. The number of hydrogen-bond donors (Lipinski definition) is 1. The molecule has 3 rings (SSSR count). The molecule has 12 heteroatoms. The van der Waals surface area contributed by atoms with E-state index in [9.17, 15) is 9.59 Å². The van der Waals surface area contributed by atoms with Gasteiger partial charge in [-0.15, -0.1) is 0 Å². The molecule has 2 aromatic rings. The van der Waals surface area contributed by atoms with Crippen LogP contribution in [0, 0.1) is 0 Å². The second-order valence-electron chi connectivity index (χ2n) is 6.70. The van der Waals surface area contributed by atoms with Crippen LogP contribution < -0.4 is 10.2 Å². The molecular formula is C17H26N8O3S. The van der Waals surface area contributed by atoms with Crippen molar-refractivity contribution in [3.05, 3.63) is 18.5 Å². The summed E-state index contributed by atoms with van der Waals surface area (Å²) in [5.74, 6) is 0.568. The third kappa shape index (κ3) is 5.70. The van der Waals surface area contributed by atoms with Gasteiger partial charge in [0.15, 0.2) is 0 Å². The number of methoxy groups -OCH3 is 1. The highest BCUT2D eigenvalue weighted by atomic mass is 32.1. The summed E-state index contributed by atoms with van der Waals surface area (Å²) < 4.78 is 11.0. The second kappa shape index (κ2) is 10.3. The van der Waals surface area contributed by atoms with E-state index < -0.39 is 6.04 Å². The molecule has 1 fully saturated rings. The summed E-state index contributed by atoms with van der Waals surface area (Å²) >= 11 is 1.32. The number of rotatable bonds is 6. The van der Waals surface area contributed by atoms with Gasteiger partial charge in [-0.2, -0.15) is 9.47 Å². The fourth-order valence-corrected chi connectivity index (χ4v) is 3.76. The zero-order valence-electron chi connectivity index (χ0n) is 16.7. The standard InChI is InChI=1S/C17H26N8O3S/c1-13(25-12-18-11-20-25)16(27)23-6-3-15(26)19-5-7-24(9-8-23)17-21-14(22-29-17)4-10-28-2/h11-13H,3-10H2,1-2H3,(H,19,26). The van der Waals surface area contributed by atoms with Gasteiger partial charge in [-0.3, -0.25) is 9.59 Å². The number of anilines is 1. The van der Waals surface area contributed by atoms with Crippen LogP contribution in [0.25, 0.3) is 0 Å². The Bertz CT molecular complexity index is 796. The summed E-state index contributed by atoms with van der Waals surface area (Å²) in [6.45, 7) is 4.91. The Labute approximate surface area is 173 Å². The predicted octanol–water partition coefficient (Wildman–Crippen LogP) is -0.265. The summed E-state index contributed by atoms with van der Waals surface area (Å²) in [5.41, 5.74) is 0. The van der Waals surface area contributed by atoms with Crippen LogP contribution in [-0.2, 0) is 20.7 Å². The van der Waals surface area contributed by atoms with E-state index in [4.69, 9.17) is 4.74 Å². The largest absolute Gasteiger partial charge is 0.384 e. The molecule has 3 heterocycles.